The van der Waals surface area contributed by atoms with E-state index in [1.165, 1.54) is 27.9 Å². The van der Waals surface area contributed by atoms with Crippen LogP contribution in [0.4, 0.5) is 0 Å². The van der Waals surface area contributed by atoms with Crippen LogP contribution >= 0.6 is 11.3 Å². The van der Waals surface area contributed by atoms with Gasteiger partial charge in [-0.25, -0.2) is 0 Å². The van der Waals surface area contributed by atoms with E-state index in [2.05, 4.69) is 28.8 Å². The molecule has 22 heavy (non-hydrogen) atoms. The summed E-state index contributed by atoms with van der Waals surface area (Å²) in [5, 5.41) is 12.3. The summed E-state index contributed by atoms with van der Waals surface area (Å²) < 4.78 is 2.31. The summed E-state index contributed by atoms with van der Waals surface area (Å²) in [6.45, 7) is 2.29. The van der Waals surface area contributed by atoms with Gasteiger partial charge < -0.3 is 14.6 Å². The molecule has 3 heterocycles. The zero-order chi connectivity index (χ0) is 15.1. The third-order valence-electron chi connectivity index (χ3n) is 4.14. The molecule has 112 valence electrons. The third kappa shape index (κ3) is 2.18. The van der Waals surface area contributed by atoms with Crippen LogP contribution in [0, 0.1) is 0 Å². The van der Waals surface area contributed by atoms with E-state index < -0.39 is 0 Å². The summed E-state index contributed by atoms with van der Waals surface area (Å²) in [5.74, 6) is 0.168. The molecule has 0 spiro atoms. The normalized spacial score (nSPS) is 14.8. The molecule has 0 atom stereocenters. The molecule has 0 unspecified atom stereocenters. The topological polar surface area (TPSA) is 45.5 Å². The first kappa shape index (κ1) is 13.4. The number of hydrogen-bond acceptors (Lipinski definition) is 3. The van der Waals surface area contributed by atoms with Crippen molar-refractivity contribution in [1.29, 1.82) is 0 Å². The molecule has 0 radical (unpaired) electrons. The second-order valence-corrected chi connectivity index (χ2v) is 6.51. The molecular formula is C17H16N2O2S. The number of carbonyl (C=O) groups is 1. The van der Waals surface area contributed by atoms with Gasteiger partial charge in [0.05, 0.1) is 11.4 Å². The minimum Gasteiger partial charge on any atom is -0.507 e. The molecule has 0 saturated carbocycles. The van der Waals surface area contributed by atoms with Crippen LogP contribution in [-0.4, -0.2) is 27.0 Å². The molecule has 1 N–H and O–H groups in total. The van der Waals surface area contributed by atoms with Crippen molar-refractivity contribution < 1.29 is 9.90 Å². The minimum atomic E-state index is 0.00371. The van der Waals surface area contributed by atoms with Crippen molar-refractivity contribution >= 4 is 28.1 Å². The highest BCUT2D eigenvalue weighted by Gasteiger charge is 2.22. The van der Waals surface area contributed by atoms with Gasteiger partial charge in [0.15, 0.2) is 0 Å². The predicted molar refractivity (Wildman–Crippen MR) is 87.3 cm³/mol. The van der Waals surface area contributed by atoms with Gasteiger partial charge in [0.2, 0.25) is 0 Å². The molecule has 1 aliphatic heterocycles. The van der Waals surface area contributed by atoms with Crippen LogP contribution < -0.4 is 0 Å². The van der Waals surface area contributed by atoms with Gasteiger partial charge >= 0.3 is 0 Å². The number of aryl methyl sites for hydroxylation is 1. The number of aromatic nitrogens is 1. The Kier molecular flexibility index (Phi) is 3.15. The van der Waals surface area contributed by atoms with Crippen molar-refractivity contribution in [2.45, 2.75) is 19.5 Å². The highest BCUT2D eigenvalue weighted by molar-refractivity contribution is 7.12. The zero-order valence-corrected chi connectivity index (χ0v) is 12.8. The smallest absolute Gasteiger partial charge is 0.264 e. The molecule has 0 saturated heterocycles. The van der Waals surface area contributed by atoms with Crippen LogP contribution in [0.1, 0.15) is 21.8 Å². The number of para-hydroxylation sites is 1. The van der Waals surface area contributed by atoms with E-state index in [1.54, 1.807) is 11.4 Å². The van der Waals surface area contributed by atoms with E-state index in [0.717, 1.165) is 19.5 Å². The molecule has 0 bridgehead atoms. The molecule has 5 heteroatoms. The SMILES string of the molecule is O=C(c1cc(O)cs1)N1CCCn2c(cc3ccccc32)C1. The first-order chi connectivity index (χ1) is 10.7. The van der Waals surface area contributed by atoms with E-state index in [4.69, 9.17) is 0 Å². The average molecular weight is 312 g/mol. The highest BCUT2D eigenvalue weighted by Crippen LogP contribution is 2.26. The molecule has 4 rings (SSSR count). The lowest BCUT2D eigenvalue weighted by Gasteiger charge is -2.19. The van der Waals surface area contributed by atoms with Gasteiger partial charge in [0, 0.05) is 35.7 Å². The Morgan fingerprint density at radius 3 is 2.86 bits per heavy atom. The number of nitrogens with zero attached hydrogens (tertiary/aromatic N) is 2. The maximum atomic E-state index is 12.6. The molecule has 4 nitrogen and oxygen atoms in total. The first-order valence-electron chi connectivity index (χ1n) is 7.36. The van der Waals surface area contributed by atoms with Gasteiger partial charge in [0.1, 0.15) is 5.75 Å². The summed E-state index contributed by atoms with van der Waals surface area (Å²) in [6.07, 6.45) is 0.939. The highest BCUT2D eigenvalue weighted by atomic mass is 32.1. The minimum absolute atomic E-state index is 0.00371. The van der Waals surface area contributed by atoms with E-state index in [-0.39, 0.29) is 11.7 Å². The summed E-state index contributed by atoms with van der Waals surface area (Å²) in [7, 11) is 0. The lowest BCUT2D eigenvalue weighted by molar-refractivity contribution is 0.0750. The zero-order valence-electron chi connectivity index (χ0n) is 12.0. The van der Waals surface area contributed by atoms with E-state index >= 15 is 0 Å². The lowest BCUT2D eigenvalue weighted by atomic mass is 10.2. The molecule has 0 fully saturated rings. The van der Waals surface area contributed by atoms with Gasteiger partial charge in [-0.05, 0) is 23.9 Å². The number of aromatic hydroxyl groups is 1. The molecule has 0 aliphatic carbocycles. The monoisotopic (exact) mass is 312 g/mol. The maximum absolute atomic E-state index is 12.6. The van der Waals surface area contributed by atoms with E-state index in [9.17, 15) is 9.90 Å². The quantitative estimate of drug-likeness (QED) is 0.748. The van der Waals surface area contributed by atoms with Crippen molar-refractivity contribution in [3.05, 3.63) is 52.3 Å². The predicted octanol–water partition coefficient (Wildman–Crippen LogP) is 3.45. The number of carbonyl (C=O) groups excluding carboxylic acids is 1. The van der Waals surface area contributed by atoms with Crippen LogP contribution in [0.15, 0.2) is 41.8 Å². The number of fused-ring (bicyclic) bond motifs is 3. The van der Waals surface area contributed by atoms with Gasteiger partial charge in [-0.2, -0.15) is 0 Å². The Labute approximate surface area is 132 Å². The average Bonchev–Trinajstić information content (AvgIpc) is 3.04. The lowest BCUT2D eigenvalue weighted by Crippen LogP contribution is -2.30. The largest absolute Gasteiger partial charge is 0.507 e. The summed E-state index contributed by atoms with van der Waals surface area (Å²) in [5.41, 5.74) is 2.41. The van der Waals surface area contributed by atoms with E-state index in [1.807, 2.05) is 11.0 Å². The molecule has 2 aromatic heterocycles. The van der Waals surface area contributed by atoms with Crippen molar-refractivity contribution in [3.63, 3.8) is 0 Å². The van der Waals surface area contributed by atoms with E-state index in [0.29, 0.717) is 11.4 Å². The Morgan fingerprint density at radius 2 is 2.05 bits per heavy atom. The van der Waals surface area contributed by atoms with Crippen LogP contribution in [0.2, 0.25) is 0 Å². The van der Waals surface area contributed by atoms with Crippen LogP contribution in [0.3, 0.4) is 0 Å². The van der Waals surface area contributed by atoms with Gasteiger partial charge in [0.25, 0.3) is 5.91 Å². The number of hydrogen-bond donors (Lipinski definition) is 1. The number of benzene rings is 1. The van der Waals surface area contributed by atoms with Crippen LogP contribution in [0.25, 0.3) is 10.9 Å². The molecule has 3 aromatic rings. The number of rotatable bonds is 1. The fourth-order valence-corrected chi connectivity index (χ4v) is 3.86. The van der Waals surface area contributed by atoms with Gasteiger partial charge in [-0.15, -0.1) is 11.3 Å². The van der Waals surface area contributed by atoms with Crippen molar-refractivity contribution in [2.24, 2.45) is 0 Å². The summed E-state index contributed by atoms with van der Waals surface area (Å²) >= 11 is 1.30. The summed E-state index contributed by atoms with van der Waals surface area (Å²) in [4.78, 5) is 15.1. The summed E-state index contributed by atoms with van der Waals surface area (Å²) in [6, 6.07) is 12.1. The Bertz CT molecular complexity index is 849. The Hall–Kier alpha value is -2.27. The van der Waals surface area contributed by atoms with Gasteiger partial charge in [-0.1, -0.05) is 18.2 Å². The Balaban J connectivity index is 1.68. The van der Waals surface area contributed by atoms with Crippen LogP contribution in [-0.2, 0) is 13.1 Å². The second kappa shape index (κ2) is 5.18. The molecular weight excluding hydrogens is 296 g/mol. The van der Waals surface area contributed by atoms with Crippen LogP contribution in [0.5, 0.6) is 5.75 Å². The fraction of sp³-hybridized carbons (Fsp3) is 0.235. The fourth-order valence-electron chi connectivity index (χ4n) is 3.12. The van der Waals surface area contributed by atoms with Gasteiger partial charge in [-0.3, -0.25) is 4.79 Å². The molecule has 1 aliphatic rings. The van der Waals surface area contributed by atoms with Crippen molar-refractivity contribution in [1.82, 2.24) is 9.47 Å². The molecule has 1 aromatic carbocycles. The second-order valence-electron chi connectivity index (χ2n) is 5.60. The Morgan fingerprint density at radius 1 is 1.18 bits per heavy atom. The molecule has 1 amide bonds. The third-order valence-corrected chi connectivity index (χ3v) is 5.05. The number of thiophene rings is 1. The number of amides is 1. The first-order valence-corrected chi connectivity index (χ1v) is 8.24. The standard InChI is InChI=1S/C17H16N2O2S/c20-14-9-16(22-11-14)17(21)18-6-3-7-19-13(10-18)8-12-4-1-2-5-15(12)19/h1-2,4-5,8-9,11,20H,3,6-7,10H2. The van der Waals surface area contributed by atoms with Crippen molar-refractivity contribution in [3.8, 4) is 5.75 Å². The maximum Gasteiger partial charge on any atom is 0.264 e. The van der Waals surface area contributed by atoms with Crippen molar-refractivity contribution in [2.75, 3.05) is 6.54 Å².